The van der Waals surface area contributed by atoms with Crippen LogP contribution in [0.5, 0.6) is 0 Å². The number of aliphatic hydroxyl groups excluding tert-OH is 1. The molecule has 0 amide bonds. The minimum atomic E-state index is -0.0706. The Kier molecular flexibility index (Phi) is 4.20. The summed E-state index contributed by atoms with van der Waals surface area (Å²) in [5, 5.41) is 9.76. The summed E-state index contributed by atoms with van der Waals surface area (Å²) in [7, 11) is 0. The molecule has 0 aromatic rings. The molecule has 13 heavy (non-hydrogen) atoms. The highest BCUT2D eigenvalue weighted by Gasteiger charge is 2.29. The Balaban J connectivity index is 2.45. The summed E-state index contributed by atoms with van der Waals surface area (Å²) < 4.78 is 0. The van der Waals surface area contributed by atoms with E-state index in [1.807, 2.05) is 0 Å². The number of nitrogens with zero attached hydrogens (tertiary/aromatic N) is 1. The van der Waals surface area contributed by atoms with E-state index in [0.717, 1.165) is 19.5 Å². The van der Waals surface area contributed by atoms with Crippen LogP contribution in [0.1, 0.15) is 40.0 Å². The molecule has 0 aromatic carbocycles. The Labute approximate surface area is 81.9 Å². The van der Waals surface area contributed by atoms with Crippen LogP contribution in [0.4, 0.5) is 0 Å². The van der Waals surface area contributed by atoms with Crippen molar-refractivity contribution in [2.45, 2.75) is 52.2 Å². The van der Waals surface area contributed by atoms with E-state index in [4.69, 9.17) is 0 Å². The second-order valence-corrected chi connectivity index (χ2v) is 4.55. The Hall–Kier alpha value is -0.0800. The molecule has 1 saturated carbocycles. The minimum absolute atomic E-state index is 0.0706. The first-order valence-electron chi connectivity index (χ1n) is 5.57. The molecule has 0 radical (unpaired) electrons. The van der Waals surface area contributed by atoms with Crippen LogP contribution in [0, 0.1) is 5.92 Å². The van der Waals surface area contributed by atoms with E-state index in [9.17, 15) is 5.11 Å². The van der Waals surface area contributed by atoms with Crippen LogP contribution in [0.25, 0.3) is 0 Å². The average molecular weight is 185 g/mol. The first-order chi connectivity index (χ1) is 6.15. The van der Waals surface area contributed by atoms with Gasteiger partial charge in [0.2, 0.25) is 0 Å². The molecule has 1 rings (SSSR count). The Morgan fingerprint density at radius 2 is 2.08 bits per heavy atom. The van der Waals surface area contributed by atoms with E-state index in [1.165, 1.54) is 12.8 Å². The van der Waals surface area contributed by atoms with Gasteiger partial charge in [-0.15, -0.1) is 0 Å². The van der Waals surface area contributed by atoms with Crippen molar-refractivity contribution in [3.63, 3.8) is 0 Å². The topological polar surface area (TPSA) is 23.5 Å². The third-order valence-electron chi connectivity index (χ3n) is 2.92. The number of hydrogen-bond acceptors (Lipinski definition) is 2. The quantitative estimate of drug-likeness (QED) is 0.723. The maximum Gasteiger partial charge on any atom is 0.0695 e. The molecule has 0 saturated heterocycles. The molecule has 0 bridgehead atoms. The van der Waals surface area contributed by atoms with Gasteiger partial charge < -0.3 is 5.11 Å². The second kappa shape index (κ2) is 4.97. The molecule has 0 aromatic heterocycles. The van der Waals surface area contributed by atoms with Crippen molar-refractivity contribution >= 4 is 0 Å². The van der Waals surface area contributed by atoms with E-state index in [-0.39, 0.29) is 6.10 Å². The predicted octanol–water partition coefficient (Wildman–Crippen LogP) is 1.88. The van der Waals surface area contributed by atoms with Gasteiger partial charge in [-0.1, -0.05) is 20.8 Å². The maximum absolute atomic E-state index is 9.76. The Bertz CT molecular complexity index is 147. The molecule has 0 spiro atoms. The Morgan fingerprint density at radius 3 is 2.46 bits per heavy atom. The summed E-state index contributed by atoms with van der Waals surface area (Å²) in [4.78, 5) is 2.43. The molecule has 78 valence electrons. The molecule has 2 heteroatoms. The van der Waals surface area contributed by atoms with Crippen LogP contribution < -0.4 is 0 Å². The zero-order valence-corrected chi connectivity index (χ0v) is 9.16. The molecule has 2 nitrogen and oxygen atoms in total. The molecule has 2 atom stereocenters. The Morgan fingerprint density at radius 1 is 1.38 bits per heavy atom. The lowest BCUT2D eigenvalue weighted by atomic mass is 10.1. The molecule has 1 aliphatic carbocycles. The largest absolute Gasteiger partial charge is 0.391 e. The smallest absolute Gasteiger partial charge is 0.0695 e. The summed E-state index contributed by atoms with van der Waals surface area (Å²) in [5.74, 6) is 0.702. The number of hydrogen-bond donors (Lipinski definition) is 1. The van der Waals surface area contributed by atoms with Crippen LogP contribution in [-0.2, 0) is 0 Å². The predicted molar refractivity (Wildman–Crippen MR) is 55.7 cm³/mol. The summed E-state index contributed by atoms with van der Waals surface area (Å²) in [6, 6.07) is 0.437. The zero-order chi connectivity index (χ0) is 9.84. The van der Waals surface area contributed by atoms with Crippen molar-refractivity contribution in [2.24, 2.45) is 5.92 Å². The van der Waals surface area contributed by atoms with E-state index >= 15 is 0 Å². The van der Waals surface area contributed by atoms with E-state index in [2.05, 4.69) is 25.7 Å². The lowest BCUT2D eigenvalue weighted by Crippen LogP contribution is -2.42. The molecule has 0 aliphatic heterocycles. The van der Waals surface area contributed by atoms with Gasteiger partial charge in [-0.2, -0.15) is 0 Å². The fourth-order valence-corrected chi connectivity index (χ4v) is 2.31. The van der Waals surface area contributed by atoms with E-state index in [1.54, 1.807) is 0 Å². The number of aliphatic hydroxyl groups is 1. The number of likely N-dealkylation sites (N-methyl/N-ethyl adjacent to an activating group) is 1. The van der Waals surface area contributed by atoms with E-state index in [0.29, 0.717) is 12.0 Å². The van der Waals surface area contributed by atoms with Gasteiger partial charge in [0.05, 0.1) is 6.10 Å². The van der Waals surface area contributed by atoms with Crippen LogP contribution in [0.2, 0.25) is 0 Å². The van der Waals surface area contributed by atoms with Gasteiger partial charge in [-0.05, 0) is 31.7 Å². The van der Waals surface area contributed by atoms with Crippen LogP contribution in [0.15, 0.2) is 0 Å². The zero-order valence-electron chi connectivity index (χ0n) is 9.16. The molecular formula is C11H23NO. The van der Waals surface area contributed by atoms with Crippen molar-refractivity contribution in [1.82, 2.24) is 4.90 Å². The average Bonchev–Trinajstić information content (AvgIpc) is 2.47. The van der Waals surface area contributed by atoms with Gasteiger partial charge in [-0.3, -0.25) is 4.90 Å². The molecule has 1 aliphatic rings. The normalized spacial score (nSPS) is 29.1. The summed E-state index contributed by atoms with van der Waals surface area (Å²) in [5.41, 5.74) is 0. The molecule has 1 N–H and O–H groups in total. The third-order valence-corrected chi connectivity index (χ3v) is 2.92. The van der Waals surface area contributed by atoms with Crippen molar-refractivity contribution in [2.75, 3.05) is 13.1 Å². The monoisotopic (exact) mass is 185 g/mol. The SMILES string of the molecule is CCN(CC(C)C)[C@@H]1CCC[C@H]1O. The van der Waals surface area contributed by atoms with Crippen LogP contribution in [-0.4, -0.2) is 35.2 Å². The minimum Gasteiger partial charge on any atom is -0.391 e. The van der Waals surface area contributed by atoms with Crippen molar-refractivity contribution < 1.29 is 5.11 Å². The van der Waals surface area contributed by atoms with Crippen LogP contribution in [0.3, 0.4) is 0 Å². The van der Waals surface area contributed by atoms with Gasteiger partial charge in [0.15, 0.2) is 0 Å². The van der Waals surface area contributed by atoms with Gasteiger partial charge >= 0.3 is 0 Å². The highest BCUT2D eigenvalue weighted by atomic mass is 16.3. The molecular weight excluding hydrogens is 162 g/mol. The summed E-state index contributed by atoms with van der Waals surface area (Å²) in [6.07, 6.45) is 3.31. The summed E-state index contributed by atoms with van der Waals surface area (Å²) >= 11 is 0. The van der Waals surface area contributed by atoms with Crippen molar-refractivity contribution in [1.29, 1.82) is 0 Å². The number of rotatable bonds is 4. The van der Waals surface area contributed by atoms with Gasteiger partial charge in [0.1, 0.15) is 0 Å². The second-order valence-electron chi connectivity index (χ2n) is 4.55. The molecule has 0 unspecified atom stereocenters. The van der Waals surface area contributed by atoms with Gasteiger partial charge in [0.25, 0.3) is 0 Å². The van der Waals surface area contributed by atoms with Crippen molar-refractivity contribution in [3.05, 3.63) is 0 Å². The third kappa shape index (κ3) is 2.96. The van der Waals surface area contributed by atoms with Crippen LogP contribution >= 0.6 is 0 Å². The highest BCUT2D eigenvalue weighted by Crippen LogP contribution is 2.24. The lowest BCUT2D eigenvalue weighted by Gasteiger charge is -2.31. The first-order valence-corrected chi connectivity index (χ1v) is 5.57. The van der Waals surface area contributed by atoms with Gasteiger partial charge in [-0.25, -0.2) is 0 Å². The van der Waals surface area contributed by atoms with Crippen molar-refractivity contribution in [3.8, 4) is 0 Å². The first kappa shape index (κ1) is 11.0. The highest BCUT2D eigenvalue weighted by molar-refractivity contribution is 4.84. The molecule has 1 fully saturated rings. The fourth-order valence-electron chi connectivity index (χ4n) is 2.31. The summed E-state index contributed by atoms with van der Waals surface area (Å²) in [6.45, 7) is 8.86. The standard InChI is InChI=1S/C11H23NO/c1-4-12(8-9(2)3)10-6-5-7-11(10)13/h9-11,13H,4-8H2,1-3H3/t10-,11-/m1/s1. The van der Waals surface area contributed by atoms with Gasteiger partial charge in [0, 0.05) is 12.6 Å². The lowest BCUT2D eigenvalue weighted by molar-refractivity contribution is 0.0669. The van der Waals surface area contributed by atoms with E-state index < -0.39 is 0 Å². The maximum atomic E-state index is 9.76. The molecule has 0 heterocycles. The fraction of sp³-hybridized carbons (Fsp3) is 1.00.